The molecule has 1 aliphatic heterocycles. The lowest BCUT2D eigenvalue weighted by atomic mass is 9.96. The number of thioether (sulfide) groups is 1. The third-order valence-electron chi connectivity index (χ3n) is 6.95. The van der Waals surface area contributed by atoms with Crippen LogP contribution in [0, 0.1) is 17.5 Å². The van der Waals surface area contributed by atoms with Gasteiger partial charge in [-0.2, -0.15) is 0 Å². The number of carbonyl (C=O) groups is 3. The Labute approximate surface area is 333 Å². The minimum atomic E-state index is -1.65. The van der Waals surface area contributed by atoms with Crippen LogP contribution in [-0.4, -0.2) is 97.4 Å². The van der Waals surface area contributed by atoms with Crippen LogP contribution in [0.25, 0.3) is 11.3 Å². The molecule has 0 bridgehead atoms. The molecular formula is C33H31Br2F3N6O8S2. The van der Waals surface area contributed by atoms with Crippen LogP contribution in [0.3, 0.4) is 0 Å². The Hall–Kier alpha value is -4.18. The molecule has 5 atom stereocenters. The topological polar surface area (TPSA) is 157 Å². The summed E-state index contributed by atoms with van der Waals surface area (Å²) >= 11 is 12.7. The first-order valence-corrected chi connectivity index (χ1v) is 18.4. The summed E-state index contributed by atoms with van der Waals surface area (Å²) < 4.78 is 72.0. The van der Waals surface area contributed by atoms with Gasteiger partial charge in [0.1, 0.15) is 35.6 Å². The molecule has 4 aromatic rings. The molecule has 1 aromatic carbocycles. The lowest BCUT2D eigenvalue weighted by Gasteiger charge is -2.44. The number of ether oxygens (including phenoxy) is 5. The number of carbonyl (C=O) groups excluding carboxylic acids is 3. The van der Waals surface area contributed by atoms with Gasteiger partial charge < -0.3 is 28.6 Å². The number of halogens is 5. The zero-order valence-electron chi connectivity index (χ0n) is 28.9. The summed E-state index contributed by atoms with van der Waals surface area (Å²) in [7, 11) is 3.65. The Morgan fingerprint density at radius 2 is 1.52 bits per heavy atom. The van der Waals surface area contributed by atoms with Crippen LogP contribution in [0.5, 0.6) is 5.75 Å². The number of rotatable bonds is 9. The van der Waals surface area contributed by atoms with E-state index in [4.69, 9.17) is 35.9 Å². The van der Waals surface area contributed by atoms with Gasteiger partial charge >= 0.3 is 17.9 Å². The molecule has 1 saturated heterocycles. The number of aromatic nitrogens is 5. The van der Waals surface area contributed by atoms with Crippen LogP contribution in [-0.2, 0) is 33.3 Å². The summed E-state index contributed by atoms with van der Waals surface area (Å²) in [4.78, 5) is 46.4. The SMILES string of the molecule is CC(=O)OC[C@H]1O[C@H](Sc2cncc(Br)c2)[C@H](OC(C)=O)[C@@H](n2cc(-c3cc(F)c(F)c(F)c3)nn2)[C@H]1OC(C)=O.CN(C)C(=S)Oc1cncc(Br)c1. The average molecular weight is 921 g/mol. The Kier molecular flexibility index (Phi) is 15.3. The molecule has 54 heavy (non-hydrogen) atoms. The van der Waals surface area contributed by atoms with Crippen molar-refractivity contribution in [1.82, 2.24) is 29.9 Å². The van der Waals surface area contributed by atoms with Crippen LogP contribution in [0.1, 0.15) is 26.8 Å². The molecule has 4 heterocycles. The third-order valence-corrected chi connectivity index (χ3v) is 9.37. The molecule has 288 valence electrons. The van der Waals surface area contributed by atoms with E-state index in [-0.39, 0.29) is 17.9 Å². The van der Waals surface area contributed by atoms with Gasteiger partial charge in [-0.3, -0.25) is 24.4 Å². The molecule has 14 nitrogen and oxygen atoms in total. The van der Waals surface area contributed by atoms with Crippen molar-refractivity contribution in [3.8, 4) is 17.0 Å². The van der Waals surface area contributed by atoms with Gasteiger partial charge in [0.25, 0.3) is 5.17 Å². The smallest absolute Gasteiger partial charge is 0.303 e. The van der Waals surface area contributed by atoms with E-state index in [0.717, 1.165) is 35.3 Å². The molecule has 5 rings (SSSR count). The quantitative estimate of drug-likeness (QED) is 0.0824. The Balaban J connectivity index is 0.000000422. The van der Waals surface area contributed by atoms with Gasteiger partial charge in [-0.15, -0.1) is 5.10 Å². The van der Waals surface area contributed by atoms with E-state index in [1.54, 1.807) is 35.8 Å². The van der Waals surface area contributed by atoms with Crippen molar-refractivity contribution in [2.75, 3.05) is 20.7 Å². The van der Waals surface area contributed by atoms with Gasteiger partial charge in [-0.1, -0.05) is 17.0 Å². The predicted molar refractivity (Wildman–Crippen MR) is 197 cm³/mol. The Morgan fingerprint density at radius 3 is 2.09 bits per heavy atom. The minimum absolute atomic E-state index is 0.0608. The number of hydrogen-bond donors (Lipinski definition) is 0. The fraction of sp³-hybridized carbons (Fsp3) is 0.333. The molecule has 3 aromatic heterocycles. The Morgan fingerprint density at radius 1 is 0.907 bits per heavy atom. The molecule has 1 fully saturated rings. The highest BCUT2D eigenvalue weighted by Gasteiger charge is 2.52. The van der Waals surface area contributed by atoms with Crippen LogP contribution in [0.15, 0.2) is 69.1 Å². The lowest BCUT2D eigenvalue weighted by molar-refractivity contribution is -0.212. The molecule has 0 unspecified atom stereocenters. The largest absolute Gasteiger partial charge is 0.463 e. The molecule has 0 N–H and O–H groups in total. The molecule has 0 radical (unpaired) electrons. The fourth-order valence-electron chi connectivity index (χ4n) is 4.77. The standard InChI is InChI=1S/C25H22BrF3N4O7S.C8H9BrN2OS/c1-11(34)37-10-20-23(38-12(2)35)22(33-9-19(31-32-33)14-4-17(27)21(29)18(28)5-14)24(39-13(3)36)25(40-20)41-16-6-15(26)7-30-8-16;1-11(2)8(13)12-7-3-6(9)4-10-5-7/h4-9,20,22-25H,10H2,1-3H3;3-5H,1-2H3/t20-,22+,23+,24-,25-;/m1./s1. The van der Waals surface area contributed by atoms with Crippen molar-refractivity contribution in [1.29, 1.82) is 0 Å². The van der Waals surface area contributed by atoms with Gasteiger partial charge in [0, 0.05) is 72.9 Å². The van der Waals surface area contributed by atoms with Crippen molar-refractivity contribution in [3.05, 3.63) is 81.6 Å². The second-order valence-electron chi connectivity index (χ2n) is 11.4. The summed E-state index contributed by atoms with van der Waals surface area (Å²) in [5.74, 6) is -5.95. The summed E-state index contributed by atoms with van der Waals surface area (Å²) in [6, 6.07) is 3.90. The number of benzene rings is 1. The van der Waals surface area contributed by atoms with Gasteiger partial charge in [-0.25, -0.2) is 17.9 Å². The maximum absolute atomic E-state index is 13.9. The number of esters is 3. The van der Waals surface area contributed by atoms with Crippen LogP contribution in [0.2, 0.25) is 0 Å². The van der Waals surface area contributed by atoms with Gasteiger partial charge in [-0.05, 0) is 68.3 Å². The van der Waals surface area contributed by atoms with Gasteiger partial charge in [0.15, 0.2) is 29.7 Å². The summed E-state index contributed by atoms with van der Waals surface area (Å²) in [5.41, 5.74) is -1.18. The van der Waals surface area contributed by atoms with Crippen LogP contribution < -0.4 is 4.74 Å². The van der Waals surface area contributed by atoms with E-state index < -0.39 is 65.1 Å². The monoisotopic (exact) mass is 918 g/mol. The number of nitrogens with zero attached hydrogens (tertiary/aromatic N) is 6. The lowest BCUT2D eigenvalue weighted by Crippen LogP contribution is -2.57. The fourth-order valence-corrected chi connectivity index (χ4v) is 6.86. The van der Waals surface area contributed by atoms with E-state index in [2.05, 4.69) is 52.1 Å². The second-order valence-corrected chi connectivity index (χ2v) is 14.7. The second kappa shape index (κ2) is 19.4. The zero-order chi connectivity index (χ0) is 39.7. The minimum Gasteiger partial charge on any atom is -0.463 e. The van der Waals surface area contributed by atoms with Crippen LogP contribution in [0.4, 0.5) is 13.2 Å². The molecule has 0 aliphatic carbocycles. The number of thiocarbonyl (C=S) groups is 1. The molecule has 0 amide bonds. The first kappa shape index (κ1) is 42.6. The van der Waals surface area contributed by atoms with E-state index in [0.29, 0.717) is 20.3 Å². The van der Waals surface area contributed by atoms with E-state index in [1.807, 2.05) is 20.2 Å². The maximum atomic E-state index is 13.9. The number of hydrogen-bond acceptors (Lipinski definition) is 14. The highest BCUT2D eigenvalue weighted by atomic mass is 79.9. The van der Waals surface area contributed by atoms with Gasteiger partial charge in [0.2, 0.25) is 0 Å². The molecular weight excluding hydrogens is 889 g/mol. The van der Waals surface area contributed by atoms with Crippen LogP contribution >= 0.6 is 55.8 Å². The average Bonchev–Trinajstić information content (AvgIpc) is 3.57. The summed E-state index contributed by atoms with van der Waals surface area (Å²) in [5, 5.41) is 8.42. The first-order valence-electron chi connectivity index (χ1n) is 15.5. The highest BCUT2D eigenvalue weighted by molar-refractivity contribution is 9.10. The normalized spacial score (nSPS) is 19.1. The highest BCUT2D eigenvalue weighted by Crippen LogP contribution is 2.41. The van der Waals surface area contributed by atoms with Crippen molar-refractivity contribution >= 4 is 78.9 Å². The van der Waals surface area contributed by atoms with E-state index in [1.165, 1.54) is 24.7 Å². The number of pyridine rings is 2. The first-order chi connectivity index (χ1) is 25.5. The van der Waals surface area contributed by atoms with Crippen molar-refractivity contribution in [2.24, 2.45) is 0 Å². The molecule has 0 spiro atoms. The van der Waals surface area contributed by atoms with Crippen molar-refractivity contribution in [3.63, 3.8) is 0 Å². The van der Waals surface area contributed by atoms with E-state index in [9.17, 15) is 27.6 Å². The van der Waals surface area contributed by atoms with Gasteiger partial charge in [0.05, 0.1) is 12.4 Å². The predicted octanol–water partition coefficient (Wildman–Crippen LogP) is 6.07. The maximum Gasteiger partial charge on any atom is 0.303 e. The summed E-state index contributed by atoms with van der Waals surface area (Å²) in [6.07, 6.45) is 4.16. The molecule has 0 saturated carbocycles. The Bertz CT molecular complexity index is 1970. The molecule has 1 aliphatic rings. The van der Waals surface area contributed by atoms with Crippen molar-refractivity contribution in [2.45, 2.75) is 55.5 Å². The molecule has 21 heteroatoms. The van der Waals surface area contributed by atoms with Crippen molar-refractivity contribution < 1.29 is 51.2 Å². The summed E-state index contributed by atoms with van der Waals surface area (Å²) in [6.45, 7) is 3.15. The third kappa shape index (κ3) is 11.9. The zero-order valence-corrected chi connectivity index (χ0v) is 33.8. The van der Waals surface area contributed by atoms with E-state index >= 15 is 0 Å².